The Balaban J connectivity index is 1.28. The summed E-state index contributed by atoms with van der Waals surface area (Å²) in [4.78, 5) is 19.2. The van der Waals surface area contributed by atoms with Crippen LogP contribution in [0.2, 0.25) is 0 Å². The van der Waals surface area contributed by atoms with Crippen LogP contribution in [-0.2, 0) is 0 Å². The monoisotopic (exact) mass is 363 g/mol. The fraction of sp³-hybridized carbons (Fsp3) is 0.333. The van der Waals surface area contributed by atoms with E-state index in [-0.39, 0.29) is 11.9 Å². The molecule has 0 aliphatic carbocycles. The number of aromatic nitrogens is 1. The van der Waals surface area contributed by atoms with Crippen LogP contribution >= 0.6 is 0 Å². The zero-order valence-electron chi connectivity index (χ0n) is 14.9. The van der Waals surface area contributed by atoms with Gasteiger partial charge in [0, 0.05) is 23.7 Å². The van der Waals surface area contributed by atoms with Gasteiger partial charge < -0.3 is 19.1 Å². The summed E-state index contributed by atoms with van der Waals surface area (Å²) in [6.45, 7) is 3.27. The average molecular weight is 363 g/mol. The van der Waals surface area contributed by atoms with E-state index in [9.17, 15) is 4.79 Å². The van der Waals surface area contributed by atoms with Crippen LogP contribution in [0.15, 0.2) is 57.7 Å². The lowest BCUT2D eigenvalue weighted by molar-refractivity contribution is 0.0606. The third-order valence-corrected chi connectivity index (χ3v) is 5.65. The molecule has 1 amide bonds. The molecular weight excluding hydrogens is 342 g/mol. The van der Waals surface area contributed by atoms with E-state index < -0.39 is 0 Å². The predicted molar refractivity (Wildman–Crippen MR) is 100 cm³/mol. The van der Waals surface area contributed by atoms with Gasteiger partial charge in [-0.2, -0.15) is 0 Å². The van der Waals surface area contributed by atoms with Crippen LogP contribution in [0, 0.1) is 5.92 Å². The molecule has 3 saturated heterocycles. The minimum absolute atomic E-state index is 0.128. The first-order chi connectivity index (χ1) is 13.3. The van der Waals surface area contributed by atoms with Gasteiger partial charge in [-0.05, 0) is 56.1 Å². The smallest absolute Gasteiger partial charge is 0.287 e. The number of carbonyl (C=O) groups is 1. The van der Waals surface area contributed by atoms with Gasteiger partial charge in [0.1, 0.15) is 12.0 Å². The lowest BCUT2D eigenvalue weighted by Crippen LogP contribution is -2.57. The maximum Gasteiger partial charge on any atom is 0.287 e. The molecule has 138 valence electrons. The zero-order chi connectivity index (χ0) is 18.2. The van der Waals surface area contributed by atoms with Crippen molar-refractivity contribution in [1.82, 2.24) is 15.2 Å². The van der Waals surface area contributed by atoms with Crippen LogP contribution < -0.4 is 5.32 Å². The van der Waals surface area contributed by atoms with Crippen LogP contribution in [0.1, 0.15) is 23.4 Å². The number of nitrogens with zero attached hydrogens (tertiary/aromatic N) is 2. The molecule has 6 heteroatoms. The number of carbonyl (C=O) groups excluding carboxylic acids is 1. The third-order valence-electron chi connectivity index (χ3n) is 5.65. The number of oxazole rings is 1. The molecular formula is C21H21N3O3. The summed E-state index contributed by atoms with van der Waals surface area (Å²) in [7, 11) is 0. The van der Waals surface area contributed by atoms with Gasteiger partial charge in [0.2, 0.25) is 5.89 Å². The Kier molecular flexibility index (Phi) is 4.05. The minimum Gasteiger partial charge on any atom is -0.451 e. The molecule has 27 heavy (non-hydrogen) atoms. The first-order valence-corrected chi connectivity index (χ1v) is 9.39. The van der Waals surface area contributed by atoms with Gasteiger partial charge in [0.25, 0.3) is 5.91 Å². The van der Waals surface area contributed by atoms with E-state index in [1.807, 2.05) is 30.3 Å². The van der Waals surface area contributed by atoms with Gasteiger partial charge in [0.15, 0.2) is 5.76 Å². The molecule has 0 unspecified atom stereocenters. The first-order valence-electron chi connectivity index (χ1n) is 9.39. The van der Waals surface area contributed by atoms with E-state index >= 15 is 0 Å². The quantitative estimate of drug-likeness (QED) is 0.769. The Hall–Kier alpha value is -2.86. The van der Waals surface area contributed by atoms with E-state index in [1.165, 1.54) is 12.8 Å². The maximum atomic E-state index is 12.6. The number of nitrogens with one attached hydrogen (secondary N) is 1. The molecule has 1 N–H and O–H groups in total. The van der Waals surface area contributed by atoms with Crippen molar-refractivity contribution >= 4 is 5.91 Å². The summed E-state index contributed by atoms with van der Waals surface area (Å²) in [5.41, 5.74) is 1.81. The number of fused-ring (bicyclic) bond motifs is 3. The van der Waals surface area contributed by atoms with Crippen molar-refractivity contribution in [2.75, 3.05) is 19.6 Å². The Morgan fingerprint density at radius 2 is 1.85 bits per heavy atom. The van der Waals surface area contributed by atoms with Gasteiger partial charge in [-0.1, -0.05) is 12.1 Å². The van der Waals surface area contributed by atoms with Crippen LogP contribution in [0.3, 0.4) is 0 Å². The van der Waals surface area contributed by atoms with E-state index in [0.29, 0.717) is 23.3 Å². The van der Waals surface area contributed by atoms with Crippen molar-refractivity contribution in [3.8, 4) is 22.8 Å². The Morgan fingerprint density at radius 1 is 1.07 bits per heavy atom. The van der Waals surface area contributed by atoms with E-state index in [0.717, 1.165) is 30.8 Å². The number of rotatable bonds is 4. The SMILES string of the molecule is O=C(N[C@H]1CN2CCC1CC2)c1ccc(-c2ccc(-c3ncco3)cc2)o1. The maximum absolute atomic E-state index is 12.6. The van der Waals surface area contributed by atoms with Gasteiger partial charge in [0.05, 0.1) is 6.20 Å². The molecule has 1 aromatic carbocycles. The van der Waals surface area contributed by atoms with Crippen molar-refractivity contribution < 1.29 is 13.6 Å². The first kappa shape index (κ1) is 16.3. The van der Waals surface area contributed by atoms with E-state index in [2.05, 4.69) is 15.2 Å². The molecule has 2 bridgehead atoms. The van der Waals surface area contributed by atoms with Crippen molar-refractivity contribution in [3.05, 3.63) is 54.6 Å². The summed E-state index contributed by atoms with van der Waals surface area (Å²) >= 11 is 0. The molecule has 0 spiro atoms. The number of piperidine rings is 3. The standard InChI is InChI=1S/C21H21N3O3/c25-20(23-17-13-24-10-7-14(17)8-11-24)19-6-5-18(27-19)15-1-3-16(4-2-15)21-22-9-12-26-21/h1-6,9,12,14,17H,7-8,10-11,13H2,(H,23,25)/t17-/m0/s1. The highest BCUT2D eigenvalue weighted by Crippen LogP contribution is 2.29. The fourth-order valence-electron chi connectivity index (χ4n) is 4.13. The topological polar surface area (TPSA) is 71.5 Å². The molecule has 3 aliphatic heterocycles. The second-order valence-corrected chi connectivity index (χ2v) is 7.30. The zero-order valence-corrected chi connectivity index (χ0v) is 14.9. The van der Waals surface area contributed by atoms with Gasteiger partial charge in [-0.3, -0.25) is 4.79 Å². The highest BCUT2D eigenvalue weighted by molar-refractivity contribution is 5.92. The van der Waals surface area contributed by atoms with Crippen molar-refractivity contribution in [1.29, 1.82) is 0 Å². The normalized spacial score (nSPS) is 24.1. The summed E-state index contributed by atoms with van der Waals surface area (Å²) in [6, 6.07) is 11.5. The second kappa shape index (κ2) is 6.70. The molecule has 0 radical (unpaired) electrons. The molecule has 3 aromatic rings. The van der Waals surface area contributed by atoms with Gasteiger partial charge >= 0.3 is 0 Å². The van der Waals surface area contributed by atoms with Crippen molar-refractivity contribution in [2.24, 2.45) is 5.92 Å². The van der Waals surface area contributed by atoms with E-state index in [4.69, 9.17) is 8.83 Å². The Bertz CT molecular complexity index is 922. The average Bonchev–Trinajstić information content (AvgIpc) is 3.41. The van der Waals surface area contributed by atoms with Crippen LogP contribution in [0.5, 0.6) is 0 Å². The summed E-state index contributed by atoms with van der Waals surface area (Å²) in [5, 5.41) is 3.16. The van der Waals surface area contributed by atoms with Crippen molar-refractivity contribution in [3.63, 3.8) is 0 Å². The predicted octanol–water partition coefficient (Wildman–Crippen LogP) is 3.43. The number of hydrogen-bond donors (Lipinski definition) is 1. The summed E-state index contributed by atoms with van der Waals surface area (Å²) in [6.07, 6.45) is 5.52. The van der Waals surface area contributed by atoms with Gasteiger partial charge in [-0.25, -0.2) is 4.98 Å². The van der Waals surface area contributed by atoms with Gasteiger partial charge in [-0.15, -0.1) is 0 Å². The van der Waals surface area contributed by atoms with Crippen LogP contribution in [-0.4, -0.2) is 41.5 Å². The fourth-order valence-corrected chi connectivity index (χ4v) is 4.13. The highest BCUT2D eigenvalue weighted by atomic mass is 16.4. The van der Waals surface area contributed by atoms with Crippen molar-refractivity contribution in [2.45, 2.75) is 18.9 Å². The third kappa shape index (κ3) is 3.17. The lowest BCUT2D eigenvalue weighted by Gasteiger charge is -2.44. The largest absolute Gasteiger partial charge is 0.451 e. The minimum atomic E-state index is -0.128. The molecule has 6 rings (SSSR count). The molecule has 1 atom stereocenters. The van der Waals surface area contributed by atoms with Crippen LogP contribution in [0.25, 0.3) is 22.8 Å². The molecule has 5 heterocycles. The van der Waals surface area contributed by atoms with E-state index in [1.54, 1.807) is 18.5 Å². The number of hydrogen-bond acceptors (Lipinski definition) is 5. The highest BCUT2D eigenvalue weighted by Gasteiger charge is 2.35. The van der Waals surface area contributed by atoms with Crippen LogP contribution in [0.4, 0.5) is 0 Å². The number of benzene rings is 1. The molecule has 3 fully saturated rings. The lowest BCUT2D eigenvalue weighted by atomic mass is 9.84. The molecule has 3 aliphatic rings. The molecule has 2 aromatic heterocycles. The number of furan rings is 1. The number of amides is 1. The Labute approximate surface area is 157 Å². The summed E-state index contributed by atoms with van der Waals surface area (Å²) in [5.74, 6) is 2.08. The molecule has 0 saturated carbocycles. The second-order valence-electron chi connectivity index (χ2n) is 7.30. The summed E-state index contributed by atoms with van der Waals surface area (Å²) < 4.78 is 11.1. The Morgan fingerprint density at radius 3 is 2.52 bits per heavy atom. The molecule has 6 nitrogen and oxygen atoms in total.